The van der Waals surface area contributed by atoms with Crippen LogP contribution in [0.5, 0.6) is 0 Å². The smallest absolute Gasteiger partial charge is 0.309 e. The minimum absolute atomic E-state index is 0.112. The molecule has 1 aromatic carbocycles. The average Bonchev–Trinajstić information content (AvgIpc) is 2.41. The molecule has 0 unspecified atom stereocenters. The van der Waals surface area contributed by atoms with E-state index < -0.39 is 5.97 Å². The number of carboxylic acids is 1. The van der Waals surface area contributed by atoms with Gasteiger partial charge < -0.3 is 5.11 Å². The molecular formula is C10H9FN2O2. The van der Waals surface area contributed by atoms with E-state index in [9.17, 15) is 9.18 Å². The van der Waals surface area contributed by atoms with E-state index in [-0.39, 0.29) is 12.2 Å². The monoisotopic (exact) mass is 208 g/mol. The highest BCUT2D eigenvalue weighted by Crippen LogP contribution is 2.19. The highest BCUT2D eigenvalue weighted by atomic mass is 19.1. The zero-order chi connectivity index (χ0) is 11.0. The molecule has 0 fully saturated rings. The van der Waals surface area contributed by atoms with Crippen LogP contribution in [0.2, 0.25) is 0 Å². The third kappa shape index (κ3) is 1.68. The minimum atomic E-state index is -0.927. The summed E-state index contributed by atoms with van der Waals surface area (Å²) in [5.41, 5.74) is 1.06. The molecule has 0 saturated carbocycles. The number of carboxylic acid groups (broad SMARTS) is 1. The molecular weight excluding hydrogens is 199 g/mol. The molecule has 78 valence electrons. The maximum absolute atomic E-state index is 12.9. The Hall–Kier alpha value is -1.91. The Morgan fingerprint density at radius 1 is 1.60 bits per heavy atom. The number of aromatic nitrogens is 2. The molecule has 2 rings (SSSR count). The van der Waals surface area contributed by atoms with E-state index >= 15 is 0 Å². The number of rotatable bonds is 2. The zero-order valence-corrected chi connectivity index (χ0v) is 8.07. The maximum atomic E-state index is 12.9. The molecule has 1 heterocycles. The lowest BCUT2D eigenvalue weighted by Crippen LogP contribution is -2.06. The molecule has 0 saturated heterocycles. The summed E-state index contributed by atoms with van der Waals surface area (Å²) in [7, 11) is 1.65. The first-order valence-electron chi connectivity index (χ1n) is 4.41. The number of carbonyl (C=O) groups is 1. The Bertz CT molecular complexity index is 533. The van der Waals surface area contributed by atoms with Gasteiger partial charge in [-0.05, 0) is 12.1 Å². The van der Waals surface area contributed by atoms with Gasteiger partial charge in [0.1, 0.15) is 5.82 Å². The van der Waals surface area contributed by atoms with Crippen LogP contribution in [0.1, 0.15) is 5.69 Å². The van der Waals surface area contributed by atoms with E-state index in [2.05, 4.69) is 5.10 Å². The fourth-order valence-electron chi connectivity index (χ4n) is 1.58. The van der Waals surface area contributed by atoms with Crippen LogP contribution in [-0.4, -0.2) is 20.9 Å². The van der Waals surface area contributed by atoms with Gasteiger partial charge >= 0.3 is 5.97 Å². The third-order valence-corrected chi connectivity index (χ3v) is 2.24. The van der Waals surface area contributed by atoms with Crippen LogP contribution < -0.4 is 0 Å². The predicted molar refractivity (Wildman–Crippen MR) is 52.0 cm³/mol. The van der Waals surface area contributed by atoms with Crippen LogP contribution in [0.4, 0.5) is 4.39 Å². The van der Waals surface area contributed by atoms with Gasteiger partial charge in [-0.15, -0.1) is 0 Å². The van der Waals surface area contributed by atoms with Crippen molar-refractivity contribution in [1.82, 2.24) is 9.78 Å². The molecule has 0 atom stereocenters. The fourth-order valence-corrected chi connectivity index (χ4v) is 1.58. The van der Waals surface area contributed by atoms with E-state index in [1.807, 2.05) is 0 Å². The van der Waals surface area contributed by atoms with Gasteiger partial charge in [-0.25, -0.2) is 4.39 Å². The number of nitrogens with zero attached hydrogens (tertiary/aromatic N) is 2. The first kappa shape index (κ1) is 9.64. The lowest BCUT2D eigenvalue weighted by Gasteiger charge is -1.97. The SMILES string of the molecule is Cn1nc2cc(F)ccc2c1CC(=O)O. The normalized spacial score (nSPS) is 10.8. The number of fused-ring (bicyclic) bond motifs is 1. The summed E-state index contributed by atoms with van der Waals surface area (Å²) in [6, 6.07) is 4.14. The summed E-state index contributed by atoms with van der Waals surface area (Å²) in [6.45, 7) is 0. The van der Waals surface area contributed by atoms with Gasteiger partial charge in [-0.2, -0.15) is 5.10 Å². The summed E-state index contributed by atoms with van der Waals surface area (Å²) in [4.78, 5) is 10.6. The van der Waals surface area contributed by atoms with Crippen molar-refractivity contribution in [3.8, 4) is 0 Å². The highest BCUT2D eigenvalue weighted by molar-refractivity contribution is 5.85. The van der Waals surface area contributed by atoms with Crippen LogP contribution in [0.3, 0.4) is 0 Å². The minimum Gasteiger partial charge on any atom is -0.481 e. The van der Waals surface area contributed by atoms with Gasteiger partial charge in [0.25, 0.3) is 0 Å². The van der Waals surface area contributed by atoms with Crippen molar-refractivity contribution >= 4 is 16.9 Å². The largest absolute Gasteiger partial charge is 0.481 e. The zero-order valence-electron chi connectivity index (χ0n) is 8.07. The van der Waals surface area contributed by atoms with Gasteiger partial charge in [0, 0.05) is 18.5 Å². The highest BCUT2D eigenvalue weighted by Gasteiger charge is 2.12. The number of aryl methyl sites for hydroxylation is 1. The lowest BCUT2D eigenvalue weighted by molar-refractivity contribution is -0.136. The van der Waals surface area contributed by atoms with Crippen molar-refractivity contribution in [3.05, 3.63) is 29.7 Å². The van der Waals surface area contributed by atoms with Gasteiger partial charge in [0.15, 0.2) is 0 Å². The average molecular weight is 208 g/mol. The Morgan fingerprint density at radius 3 is 3.00 bits per heavy atom. The summed E-state index contributed by atoms with van der Waals surface area (Å²) in [5.74, 6) is -1.30. The van der Waals surface area contributed by atoms with Crippen LogP contribution in [0.15, 0.2) is 18.2 Å². The second-order valence-electron chi connectivity index (χ2n) is 3.30. The molecule has 0 aliphatic rings. The number of benzene rings is 1. The lowest BCUT2D eigenvalue weighted by atomic mass is 10.1. The molecule has 0 aliphatic carbocycles. The number of halogens is 1. The van der Waals surface area contributed by atoms with Gasteiger partial charge in [-0.3, -0.25) is 9.48 Å². The first-order chi connectivity index (χ1) is 7.08. The molecule has 4 nitrogen and oxygen atoms in total. The Kier molecular flexibility index (Phi) is 2.15. The van der Waals surface area contributed by atoms with E-state index in [4.69, 9.17) is 5.11 Å². The molecule has 0 bridgehead atoms. The second-order valence-corrected chi connectivity index (χ2v) is 3.30. The van der Waals surface area contributed by atoms with Crippen molar-refractivity contribution < 1.29 is 14.3 Å². The molecule has 2 aromatic rings. The number of aliphatic carboxylic acids is 1. The van der Waals surface area contributed by atoms with Crippen molar-refractivity contribution in [1.29, 1.82) is 0 Å². The standard InChI is InChI=1S/C10H9FN2O2/c1-13-9(5-10(14)15)7-3-2-6(11)4-8(7)12-13/h2-4H,5H2,1H3,(H,14,15). The topological polar surface area (TPSA) is 55.1 Å². The molecule has 1 aromatic heterocycles. The van der Waals surface area contributed by atoms with Crippen LogP contribution in [0.25, 0.3) is 10.9 Å². The molecule has 1 N–H and O–H groups in total. The second kappa shape index (κ2) is 3.34. The molecule has 5 heteroatoms. The Balaban J connectivity index is 2.63. The number of hydrogen-bond donors (Lipinski definition) is 1. The molecule has 0 spiro atoms. The van der Waals surface area contributed by atoms with E-state index in [0.29, 0.717) is 16.6 Å². The van der Waals surface area contributed by atoms with E-state index in [1.165, 1.54) is 16.8 Å². The molecule has 0 amide bonds. The maximum Gasteiger partial charge on any atom is 0.309 e. The quantitative estimate of drug-likeness (QED) is 0.810. The third-order valence-electron chi connectivity index (χ3n) is 2.24. The summed E-state index contributed by atoms with van der Waals surface area (Å²) in [5, 5.41) is 13.4. The van der Waals surface area contributed by atoms with Gasteiger partial charge in [0.05, 0.1) is 17.6 Å². The summed E-state index contributed by atoms with van der Waals surface area (Å²) < 4.78 is 14.3. The van der Waals surface area contributed by atoms with Crippen molar-refractivity contribution in [2.75, 3.05) is 0 Å². The van der Waals surface area contributed by atoms with E-state index in [1.54, 1.807) is 13.1 Å². The van der Waals surface area contributed by atoms with Crippen LogP contribution >= 0.6 is 0 Å². The predicted octanol–water partition coefficient (Wildman–Crippen LogP) is 1.34. The fraction of sp³-hybridized carbons (Fsp3) is 0.200. The number of hydrogen-bond acceptors (Lipinski definition) is 2. The molecule has 15 heavy (non-hydrogen) atoms. The van der Waals surface area contributed by atoms with Crippen molar-refractivity contribution in [2.24, 2.45) is 7.05 Å². The molecule has 0 radical (unpaired) electrons. The van der Waals surface area contributed by atoms with Crippen LogP contribution in [-0.2, 0) is 18.3 Å². The summed E-state index contributed by atoms with van der Waals surface area (Å²) >= 11 is 0. The Labute approximate surface area is 84.9 Å². The Morgan fingerprint density at radius 2 is 2.33 bits per heavy atom. The van der Waals surface area contributed by atoms with Gasteiger partial charge in [0.2, 0.25) is 0 Å². The van der Waals surface area contributed by atoms with E-state index in [0.717, 1.165) is 0 Å². The van der Waals surface area contributed by atoms with Crippen molar-refractivity contribution in [3.63, 3.8) is 0 Å². The van der Waals surface area contributed by atoms with Crippen LogP contribution in [0, 0.1) is 5.82 Å². The summed E-state index contributed by atoms with van der Waals surface area (Å²) in [6.07, 6.45) is -0.112. The van der Waals surface area contributed by atoms with Gasteiger partial charge in [-0.1, -0.05) is 0 Å². The first-order valence-corrected chi connectivity index (χ1v) is 4.41. The molecule has 0 aliphatic heterocycles. The van der Waals surface area contributed by atoms with Crippen molar-refractivity contribution in [2.45, 2.75) is 6.42 Å².